The number of benzene rings is 1. The largest absolute Gasteiger partial charge is 0.386 e. The number of allylic oxidation sites excluding steroid dienone is 1. The summed E-state index contributed by atoms with van der Waals surface area (Å²) in [6.45, 7) is 14.2. The van der Waals surface area contributed by atoms with Gasteiger partial charge in [-0.2, -0.15) is 0 Å². The van der Waals surface area contributed by atoms with Crippen LogP contribution in [0.1, 0.15) is 81.4 Å². The van der Waals surface area contributed by atoms with Crippen molar-refractivity contribution in [1.82, 2.24) is 34.3 Å². The van der Waals surface area contributed by atoms with Crippen molar-refractivity contribution in [2.24, 2.45) is 18.9 Å². The van der Waals surface area contributed by atoms with E-state index in [-0.39, 0.29) is 35.5 Å². The zero-order valence-corrected chi connectivity index (χ0v) is 32.7. The van der Waals surface area contributed by atoms with Crippen LogP contribution in [0.5, 0.6) is 0 Å². The first kappa shape index (κ1) is 38.3. The summed E-state index contributed by atoms with van der Waals surface area (Å²) in [5.41, 5.74) is 1.69. The number of imidazole rings is 1. The Labute approximate surface area is 323 Å². The lowest BCUT2D eigenvalue weighted by Gasteiger charge is -2.38. The summed E-state index contributed by atoms with van der Waals surface area (Å²) in [5.74, 6) is -0.316. The summed E-state index contributed by atoms with van der Waals surface area (Å²) < 4.78 is 4.11. The second-order valence-corrected chi connectivity index (χ2v) is 16.3. The summed E-state index contributed by atoms with van der Waals surface area (Å²) in [6.07, 6.45) is 11.1. The van der Waals surface area contributed by atoms with Crippen molar-refractivity contribution >= 4 is 61.7 Å². The Morgan fingerprint density at radius 2 is 1.85 bits per heavy atom. The third-order valence-electron chi connectivity index (χ3n) is 11.3. The molecular formula is C40H49N9O5S. The van der Waals surface area contributed by atoms with Crippen molar-refractivity contribution in [3.8, 4) is 0 Å². The van der Waals surface area contributed by atoms with Gasteiger partial charge in [-0.15, -0.1) is 0 Å². The summed E-state index contributed by atoms with van der Waals surface area (Å²) in [7, 11) is 1.75. The molecular weight excluding hydrogens is 719 g/mol. The van der Waals surface area contributed by atoms with E-state index in [4.69, 9.17) is 4.98 Å². The number of rotatable bonds is 9. The normalized spacial score (nSPS) is 20.2. The van der Waals surface area contributed by atoms with Crippen LogP contribution in [0.15, 0.2) is 48.2 Å². The first-order chi connectivity index (χ1) is 26.4. The van der Waals surface area contributed by atoms with Gasteiger partial charge in [0, 0.05) is 50.6 Å². The van der Waals surface area contributed by atoms with E-state index in [1.54, 1.807) is 47.4 Å². The maximum absolute atomic E-state index is 13.5. The maximum atomic E-state index is 13.5. The molecule has 3 amide bonds. The van der Waals surface area contributed by atoms with Gasteiger partial charge < -0.3 is 20.2 Å². The number of piperidine rings is 3. The van der Waals surface area contributed by atoms with Crippen LogP contribution < -0.4 is 31.9 Å². The molecule has 0 bridgehead atoms. The highest BCUT2D eigenvalue weighted by molar-refractivity contribution is 7.22. The van der Waals surface area contributed by atoms with Gasteiger partial charge in [-0.25, -0.2) is 19.7 Å². The molecule has 0 spiro atoms. The molecule has 7 rings (SSSR count). The number of fused-ring (bicyclic) bond motifs is 1. The third-order valence-corrected chi connectivity index (χ3v) is 12.4. The molecule has 15 heteroatoms. The van der Waals surface area contributed by atoms with Gasteiger partial charge in [-0.3, -0.25) is 28.8 Å². The predicted octanol–water partition coefficient (Wildman–Crippen LogP) is 2.81. The van der Waals surface area contributed by atoms with E-state index in [0.29, 0.717) is 28.9 Å². The number of carbonyl (C=O) groups excluding carboxylic acids is 3. The quantitative estimate of drug-likeness (QED) is 0.216. The fraction of sp³-hybridized carbons (Fsp3) is 0.475. The van der Waals surface area contributed by atoms with Crippen molar-refractivity contribution in [3.05, 3.63) is 75.8 Å². The van der Waals surface area contributed by atoms with Crippen molar-refractivity contribution < 1.29 is 19.5 Å². The molecule has 3 aliphatic rings. The van der Waals surface area contributed by atoms with Crippen molar-refractivity contribution in [3.63, 3.8) is 0 Å². The summed E-state index contributed by atoms with van der Waals surface area (Å²) in [4.78, 5) is 68.8. The molecule has 1 atom stereocenters. The van der Waals surface area contributed by atoms with Gasteiger partial charge in [0.05, 0.1) is 26.5 Å². The summed E-state index contributed by atoms with van der Waals surface area (Å²) in [6, 6.07) is 4.58. The molecule has 6 heterocycles. The van der Waals surface area contributed by atoms with Gasteiger partial charge in [0.25, 0.3) is 5.91 Å². The van der Waals surface area contributed by atoms with Crippen LogP contribution in [-0.2, 0) is 22.2 Å². The van der Waals surface area contributed by atoms with Crippen LogP contribution in [0.4, 0.5) is 10.8 Å². The minimum atomic E-state index is -1.20. The van der Waals surface area contributed by atoms with Gasteiger partial charge >= 0.3 is 5.69 Å². The second kappa shape index (κ2) is 15.6. The number of amides is 3. The van der Waals surface area contributed by atoms with Gasteiger partial charge in [0.1, 0.15) is 18.1 Å². The van der Waals surface area contributed by atoms with E-state index >= 15 is 0 Å². The number of likely N-dealkylation sites (tertiary alicyclic amines) is 1. The van der Waals surface area contributed by atoms with Crippen molar-refractivity contribution in [1.29, 1.82) is 0 Å². The number of aromatic nitrogens is 5. The Morgan fingerprint density at radius 1 is 1.11 bits per heavy atom. The molecule has 0 saturated carbocycles. The maximum Gasteiger partial charge on any atom is 0.329 e. The monoisotopic (exact) mass is 767 g/mol. The smallest absolute Gasteiger partial charge is 0.329 e. The van der Waals surface area contributed by atoms with Gasteiger partial charge in [0.2, 0.25) is 11.8 Å². The molecule has 3 fully saturated rings. The first-order valence-corrected chi connectivity index (χ1v) is 19.8. The Morgan fingerprint density at radius 3 is 2.49 bits per heavy atom. The SMILES string of the molecule is C=C/C(=c1\c(=C/C)n(C2CCC(=O)NC2=O)c(=O)n1C)C1CCN(CC2CCN(c3nc4cc(C(C)(C)O)c(NC(=O)c5ccncn5)cc4s3)CC2)CC1. The van der Waals surface area contributed by atoms with E-state index in [9.17, 15) is 24.3 Å². The van der Waals surface area contributed by atoms with Gasteiger partial charge in [-0.05, 0) is 102 Å². The Balaban J connectivity index is 0.992. The number of hydrogen-bond donors (Lipinski definition) is 3. The molecule has 4 aromatic rings. The lowest BCUT2D eigenvalue weighted by atomic mass is 9.87. The first-order valence-electron chi connectivity index (χ1n) is 19.0. The molecule has 0 radical (unpaired) electrons. The average Bonchev–Trinajstić information content (AvgIpc) is 3.70. The number of thiazole rings is 1. The lowest BCUT2D eigenvalue weighted by molar-refractivity contribution is -0.135. The topological polar surface area (TPSA) is 168 Å². The van der Waals surface area contributed by atoms with Crippen molar-refractivity contribution in [2.75, 3.05) is 42.9 Å². The summed E-state index contributed by atoms with van der Waals surface area (Å²) in [5, 5.41) is 18.7. The minimum Gasteiger partial charge on any atom is -0.386 e. The zero-order chi connectivity index (χ0) is 39.0. The van der Waals surface area contributed by atoms with E-state index < -0.39 is 17.6 Å². The number of nitrogens with zero attached hydrogens (tertiary/aromatic N) is 7. The number of nitrogens with one attached hydrogen (secondary N) is 2. The van der Waals surface area contributed by atoms with E-state index in [0.717, 1.165) is 84.7 Å². The zero-order valence-electron chi connectivity index (χ0n) is 31.9. The highest BCUT2D eigenvalue weighted by Gasteiger charge is 2.32. The van der Waals surface area contributed by atoms with Crippen LogP contribution in [0.2, 0.25) is 0 Å². The molecule has 3 aliphatic heterocycles. The fourth-order valence-corrected chi connectivity index (χ4v) is 9.40. The summed E-state index contributed by atoms with van der Waals surface area (Å²) >= 11 is 1.59. The van der Waals surface area contributed by atoms with E-state index in [2.05, 4.69) is 37.0 Å². The average molecular weight is 768 g/mol. The number of aliphatic hydroxyl groups is 1. The molecule has 14 nitrogen and oxygen atoms in total. The highest BCUT2D eigenvalue weighted by atomic mass is 32.1. The van der Waals surface area contributed by atoms with E-state index in [1.807, 2.05) is 31.2 Å². The van der Waals surface area contributed by atoms with Gasteiger partial charge in [-0.1, -0.05) is 30.1 Å². The van der Waals surface area contributed by atoms with Crippen molar-refractivity contribution in [2.45, 2.75) is 70.9 Å². The Kier molecular flexibility index (Phi) is 10.9. The molecule has 290 valence electrons. The fourth-order valence-electron chi connectivity index (χ4n) is 8.37. The van der Waals surface area contributed by atoms with Crippen LogP contribution in [0.25, 0.3) is 21.9 Å². The standard InChI is InChI=1S/C40H49N9O5S/c1-6-26(35-31(7-2)49(39(53)46(35)5)32-8-9-34(50)45-37(32)52)25-13-16-47(17-14-25)22-24-11-18-48(19-12-24)38-44-30-20-27(40(3,4)54)29(21-33(30)55-38)43-36(51)28-10-15-41-23-42-28/h6-7,10,15,20-21,23-25,32,54H,1,8-9,11-14,16-19,22H2,2-5H3,(H,43,51)(H,45,50,52)/b31-7+,35-26-. The number of carbonyl (C=O) groups is 3. The van der Waals surface area contributed by atoms with Crippen LogP contribution >= 0.6 is 11.3 Å². The van der Waals surface area contributed by atoms with Crippen LogP contribution in [0, 0.1) is 11.8 Å². The molecule has 55 heavy (non-hydrogen) atoms. The molecule has 1 aromatic carbocycles. The minimum absolute atomic E-state index is 0.203. The predicted molar refractivity (Wildman–Crippen MR) is 213 cm³/mol. The number of anilines is 2. The molecule has 3 saturated heterocycles. The van der Waals surface area contributed by atoms with Crippen LogP contribution in [-0.4, -0.2) is 84.5 Å². The number of imide groups is 1. The van der Waals surface area contributed by atoms with Gasteiger partial charge in [0.15, 0.2) is 5.13 Å². The molecule has 3 aromatic heterocycles. The second-order valence-electron chi connectivity index (χ2n) is 15.3. The lowest BCUT2D eigenvalue weighted by Crippen LogP contribution is -2.48. The van der Waals surface area contributed by atoms with E-state index in [1.165, 1.54) is 12.5 Å². The molecule has 0 aliphatic carbocycles. The molecule has 1 unspecified atom stereocenters. The number of hydrogen-bond acceptors (Lipinski definition) is 11. The van der Waals surface area contributed by atoms with Crippen LogP contribution in [0.3, 0.4) is 0 Å². The third kappa shape index (κ3) is 7.78. The Bertz CT molecular complexity index is 2310. The highest BCUT2D eigenvalue weighted by Crippen LogP contribution is 2.38. The molecule has 3 N–H and O–H groups in total. The Hall–Kier alpha value is -4.99.